The van der Waals surface area contributed by atoms with Gasteiger partial charge in [0.1, 0.15) is 0 Å². The van der Waals surface area contributed by atoms with Gasteiger partial charge < -0.3 is 9.88 Å². The SMILES string of the molecule is CCCN(Cc1ccccc1)C(=O)c1ccc2c(=O)[nH]c(=S)[nH]c2c1. The van der Waals surface area contributed by atoms with Crippen molar-refractivity contribution in [3.8, 4) is 0 Å². The Morgan fingerprint density at radius 2 is 1.88 bits per heavy atom. The number of amides is 1. The molecule has 0 aliphatic rings. The van der Waals surface area contributed by atoms with Crippen molar-refractivity contribution in [3.63, 3.8) is 0 Å². The highest BCUT2D eigenvalue weighted by Gasteiger charge is 2.16. The second-order valence-electron chi connectivity index (χ2n) is 5.88. The molecule has 25 heavy (non-hydrogen) atoms. The number of rotatable bonds is 5. The van der Waals surface area contributed by atoms with E-state index in [1.54, 1.807) is 18.2 Å². The number of benzene rings is 2. The van der Waals surface area contributed by atoms with Crippen LogP contribution in [0.2, 0.25) is 0 Å². The molecule has 0 spiro atoms. The Morgan fingerprint density at radius 3 is 2.60 bits per heavy atom. The van der Waals surface area contributed by atoms with Crippen molar-refractivity contribution in [1.29, 1.82) is 0 Å². The van der Waals surface area contributed by atoms with E-state index in [0.29, 0.717) is 29.6 Å². The summed E-state index contributed by atoms with van der Waals surface area (Å²) in [5.41, 5.74) is 1.93. The molecule has 0 aliphatic carbocycles. The summed E-state index contributed by atoms with van der Waals surface area (Å²) >= 11 is 5.01. The van der Waals surface area contributed by atoms with Crippen molar-refractivity contribution >= 4 is 29.0 Å². The van der Waals surface area contributed by atoms with Crippen LogP contribution in [0.15, 0.2) is 53.3 Å². The predicted octanol–water partition coefficient (Wildman–Crippen LogP) is 3.64. The van der Waals surface area contributed by atoms with E-state index < -0.39 is 0 Å². The summed E-state index contributed by atoms with van der Waals surface area (Å²) in [7, 11) is 0. The maximum absolute atomic E-state index is 13.0. The summed E-state index contributed by atoms with van der Waals surface area (Å²) in [6.07, 6.45) is 0.869. The average Bonchev–Trinajstić information content (AvgIpc) is 2.61. The van der Waals surface area contributed by atoms with E-state index in [9.17, 15) is 9.59 Å². The van der Waals surface area contributed by atoms with Gasteiger partial charge in [0.15, 0.2) is 4.77 Å². The monoisotopic (exact) mass is 353 g/mol. The van der Waals surface area contributed by atoms with E-state index in [-0.39, 0.29) is 16.2 Å². The van der Waals surface area contributed by atoms with E-state index in [2.05, 4.69) is 9.97 Å². The van der Waals surface area contributed by atoms with Crippen LogP contribution in [0.4, 0.5) is 0 Å². The summed E-state index contributed by atoms with van der Waals surface area (Å²) in [5, 5.41) is 0.482. The van der Waals surface area contributed by atoms with Crippen LogP contribution >= 0.6 is 12.2 Å². The Labute approximate surface area is 150 Å². The first-order valence-corrected chi connectivity index (χ1v) is 8.59. The number of hydrogen-bond donors (Lipinski definition) is 2. The van der Waals surface area contributed by atoms with Gasteiger partial charge in [-0.1, -0.05) is 37.3 Å². The van der Waals surface area contributed by atoms with E-state index >= 15 is 0 Å². The minimum Gasteiger partial charge on any atom is -0.334 e. The van der Waals surface area contributed by atoms with Crippen LogP contribution in [0.1, 0.15) is 29.3 Å². The van der Waals surface area contributed by atoms with Gasteiger partial charge in [-0.25, -0.2) is 0 Å². The number of nitrogens with zero attached hydrogens (tertiary/aromatic N) is 1. The molecule has 3 rings (SSSR count). The van der Waals surface area contributed by atoms with Crippen LogP contribution in [0.5, 0.6) is 0 Å². The standard InChI is InChI=1S/C19H19N3O2S/c1-2-10-22(12-13-6-4-3-5-7-13)18(24)14-8-9-15-16(11-14)20-19(25)21-17(15)23/h3-9,11H,2,10,12H2,1H3,(H2,20,21,23,25). The summed E-state index contributed by atoms with van der Waals surface area (Å²) in [5.74, 6) is -0.0628. The molecule has 1 aromatic heterocycles. The second kappa shape index (κ2) is 7.44. The first-order valence-electron chi connectivity index (χ1n) is 8.18. The molecule has 0 radical (unpaired) electrons. The maximum Gasteiger partial charge on any atom is 0.259 e. The van der Waals surface area contributed by atoms with Gasteiger partial charge in [0, 0.05) is 18.7 Å². The zero-order valence-corrected chi connectivity index (χ0v) is 14.7. The molecule has 0 saturated heterocycles. The van der Waals surface area contributed by atoms with Crippen LogP contribution < -0.4 is 5.56 Å². The Hall–Kier alpha value is -2.73. The summed E-state index contributed by atoms with van der Waals surface area (Å²) in [4.78, 5) is 32.2. The average molecular weight is 353 g/mol. The molecule has 5 nitrogen and oxygen atoms in total. The third kappa shape index (κ3) is 3.85. The summed E-state index contributed by atoms with van der Waals surface area (Å²) in [6.45, 7) is 3.26. The third-order valence-electron chi connectivity index (χ3n) is 3.98. The summed E-state index contributed by atoms with van der Waals surface area (Å²) in [6, 6.07) is 14.9. The number of carbonyl (C=O) groups excluding carboxylic acids is 1. The van der Waals surface area contributed by atoms with Crippen LogP contribution in [0, 0.1) is 4.77 Å². The molecule has 0 bridgehead atoms. The molecular weight excluding hydrogens is 334 g/mol. The van der Waals surface area contributed by atoms with Crippen molar-refractivity contribution in [1.82, 2.24) is 14.9 Å². The number of aromatic amines is 2. The van der Waals surface area contributed by atoms with Crippen LogP contribution in [0.3, 0.4) is 0 Å². The number of fused-ring (bicyclic) bond motifs is 1. The van der Waals surface area contributed by atoms with Gasteiger partial charge in [-0.15, -0.1) is 0 Å². The Bertz CT molecular complexity index is 1010. The minimum atomic E-state index is -0.257. The highest BCUT2D eigenvalue weighted by atomic mass is 32.1. The molecule has 128 valence electrons. The molecular formula is C19H19N3O2S. The fourth-order valence-corrected chi connectivity index (χ4v) is 3.01. The first kappa shape index (κ1) is 17.1. The van der Waals surface area contributed by atoms with Gasteiger partial charge in [-0.05, 0) is 42.4 Å². The Balaban J connectivity index is 1.95. The molecule has 6 heteroatoms. The molecule has 2 N–H and O–H groups in total. The predicted molar refractivity (Wildman–Crippen MR) is 101 cm³/mol. The Kier molecular flexibility index (Phi) is 5.09. The molecule has 2 aromatic carbocycles. The molecule has 3 aromatic rings. The topological polar surface area (TPSA) is 69.0 Å². The van der Waals surface area contributed by atoms with E-state index in [4.69, 9.17) is 12.2 Å². The molecule has 0 unspecified atom stereocenters. The summed E-state index contributed by atoms with van der Waals surface area (Å²) < 4.78 is 0.247. The number of carbonyl (C=O) groups is 1. The molecule has 0 fully saturated rings. The van der Waals surface area contributed by atoms with Crippen molar-refractivity contribution in [2.75, 3.05) is 6.54 Å². The van der Waals surface area contributed by atoms with Gasteiger partial charge >= 0.3 is 0 Å². The molecule has 0 aliphatic heterocycles. The van der Waals surface area contributed by atoms with Crippen LogP contribution in [0.25, 0.3) is 10.9 Å². The lowest BCUT2D eigenvalue weighted by atomic mass is 10.1. The lowest BCUT2D eigenvalue weighted by Gasteiger charge is -2.22. The van der Waals surface area contributed by atoms with E-state index in [0.717, 1.165) is 12.0 Å². The largest absolute Gasteiger partial charge is 0.334 e. The van der Waals surface area contributed by atoms with Gasteiger partial charge in [-0.3, -0.25) is 14.6 Å². The van der Waals surface area contributed by atoms with E-state index in [1.165, 1.54) is 0 Å². The molecule has 1 amide bonds. The van der Waals surface area contributed by atoms with Crippen LogP contribution in [-0.4, -0.2) is 27.3 Å². The zero-order valence-electron chi connectivity index (χ0n) is 13.9. The van der Waals surface area contributed by atoms with Crippen molar-refractivity contribution < 1.29 is 4.79 Å². The smallest absolute Gasteiger partial charge is 0.259 e. The molecule has 1 heterocycles. The van der Waals surface area contributed by atoms with E-state index in [1.807, 2.05) is 42.2 Å². The van der Waals surface area contributed by atoms with Gasteiger partial charge in [0.05, 0.1) is 10.9 Å². The highest BCUT2D eigenvalue weighted by molar-refractivity contribution is 7.71. The first-order chi connectivity index (χ1) is 12.1. The highest BCUT2D eigenvalue weighted by Crippen LogP contribution is 2.15. The number of aromatic nitrogens is 2. The van der Waals surface area contributed by atoms with Crippen molar-refractivity contribution in [2.45, 2.75) is 19.9 Å². The van der Waals surface area contributed by atoms with Crippen molar-refractivity contribution in [2.24, 2.45) is 0 Å². The fourth-order valence-electron chi connectivity index (χ4n) is 2.81. The number of H-pyrrole nitrogens is 2. The third-order valence-corrected chi connectivity index (χ3v) is 4.19. The molecule has 0 saturated carbocycles. The molecule has 0 atom stereocenters. The number of nitrogens with one attached hydrogen (secondary N) is 2. The second-order valence-corrected chi connectivity index (χ2v) is 6.29. The van der Waals surface area contributed by atoms with Crippen molar-refractivity contribution in [3.05, 3.63) is 74.8 Å². The Morgan fingerprint density at radius 1 is 1.12 bits per heavy atom. The van der Waals surface area contributed by atoms with Gasteiger partial charge in [0.2, 0.25) is 0 Å². The zero-order chi connectivity index (χ0) is 17.8. The quantitative estimate of drug-likeness (QED) is 0.688. The van der Waals surface area contributed by atoms with Gasteiger partial charge in [-0.2, -0.15) is 0 Å². The fraction of sp³-hybridized carbons (Fsp3) is 0.211. The minimum absolute atomic E-state index is 0.0628. The maximum atomic E-state index is 13.0. The number of hydrogen-bond acceptors (Lipinski definition) is 3. The lowest BCUT2D eigenvalue weighted by Crippen LogP contribution is -2.31. The normalized spacial score (nSPS) is 10.8. The van der Waals surface area contributed by atoms with Gasteiger partial charge in [0.25, 0.3) is 11.5 Å². The lowest BCUT2D eigenvalue weighted by molar-refractivity contribution is 0.0743. The van der Waals surface area contributed by atoms with Crippen LogP contribution in [-0.2, 0) is 6.54 Å².